The molecule has 3 heterocycles. The van der Waals surface area contributed by atoms with Gasteiger partial charge in [-0.2, -0.15) is 0 Å². The Hall–Kier alpha value is -2.82. The molecule has 260 valence electrons. The van der Waals surface area contributed by atoms with Crippen LogP contribution in [-0.2, 0) is 21.4 Å². The van der Waals surface area contributed by atoms with Crippen molar-refractivity contribution in [1.82, 2.24) is 20.9 Å². The summed E-state index contributed by atoms with van der Waals surface area (Å²) in [5.41, 5.74) is 7.79. The van der Waals surface area contributed by atoms with Crippen LogP contribution in [0.2, 0.25) is 0 Å². The molecule has 2 saturated heterocycles. The summed E-state index contributed by atoms with van der Waals surface area (Å²) in [7, 11) is 3.51. The number of allylic oxidation sites excluding steroid dienone is 1. The fourth-order valence-corrected chi connectivity index (χ4v) is 9.88. The molecule has 10 nitrogen and oxygen atoms in total. The molecule has 2 fully saturated rings. The second kappa shape index (κ2) is 13.2. The molecular weight excluding hydrogens is 594 g/mol. The van der Waals surface area contributed by atoms with E-state index in [2.05, 4.69) is 62.7 Å². The minimum absolute atomic E-state index is 0.0345. The minimum atomic E-state index is -0.414. The van der Waals surface area contributed by atoms with Crippen molar-refractivity contribution in [3.8, 4) is 11.5 Å². The van der Waals surface area contributed by atoms with Crippen LogP contribution in [0.1, 0.15) is 84.3 Å². The number of benzene rings is 1. The molecule has 5 N–H and O–H groups in total. The first-order valence-corrected chi connectivity index (χ1v) is 18.0. The second-order valence-electron chi connectivity index (χ2n) is 15.2. The molecule has 10 heteroatoms. The van der Waals surface area contributed by atoms with Crippen molar-refractivity contribution >= 4 is 12.0 Å². The monoisotopic (exact) mass is 651 g/mol. The fourth-order valence-electron chi connectivity index (χ4n) is 9.88. The number of likely N-dealkylation sites (N-methyl/N-ethyl adjacent to an activating group) is 1. The van der Waals surface area contributed by atoms with E-state index < -0.39 is 6.10 Å². The van der Waals surface area contributed by atoms with Gasteiger partial charge in [-0.1, -0.05) is 46.6 Å². The fraction of sp³-hybridized carbons (Fsp3) is 0.730. The summed E-state index contributed by atoms with van der Waals surface area (Å²) < 4.78 is 19.2. The van der Waals surface area contributed by atoms with Crippen molar-refractivity contribution in [3.05, 3.63) is 35.1 Å². The number of carbonyl (C=O) groups excluding carboxylic acids is 2. The van der Waals surface area contributed by atoms with Gasteiger partial charge in [0.05, 0.1) is 24.6 Å². The van der Waals surface area contributed by atoms with E-state index in [-0.39, 0.29) is 52.8 Å². The third-order valence-electron chi connectivity index (χ3n) is 13.3. The number of ether oxygens (including phenoxy) is 3. The van der Waals surface area contributed by atoms with Gasteiger partial charge >= 0.3 is 6.09 Å². The zero-order valence-electron chi connectivity index (χ0n) is 29.5. The molecule has 6 unspecified atom stereocenters. The van der Waals surface area contributed by atoms with E-state index in [4.69, 9.17) is 19.9 Å². The van der Waals surface area contributed by atoms with Crippen LogP contribution < -0.4 is 31.2 Å². The number of unbranched alkanes of at least 4 members (excludes halogenated alkanes) is 2. The summed E-state index contributed by atoms with van der Waals surface area (Å²) in [4.78, 5) is 29.7. The number of nitrogens with two attached hydrogens (primary N) is 1. The summed E-state index contributed by atoms with van der Waals surface area (Å²) in [5.74, 6) is 2.89. The quantitative estimate of drug-likeness (QED) is 0.262. The predicted molar refractivity (Wildman–Crippen MR) is 182 cm³/mol. The highest BCUT2D eigenvalue weighted by molar-refractivity contribution is 5.81. The molecule has 1 spiro atoms. The van der Waals surface area contributed by atoms with E-state index in [1.54, 1.807) is 7.11 Å². The van der Waals surface area contributed by atoms with E-state index in [1.165, 1.54) is 11.1 Å². The highest BCUT2D eigenvalue weighted by Gasteiger charge is 2.69. The van der Waals surface area contributed by atoms with E-state index in [0.717, 1.165) is 63.0 Å². The summed E-state index contributed by atoms with van der Waals surface area (Å²) >= 11 is 0. The van der Waals surface area contributed by atoms with Crippen LogP contribution in [0, 0.1) is 23.2 Å². The standard InChI is InChI=1S/C37H57N5O5/c1-21-22(2)24(4)42(27(23(21)3)20-41-34(43)26(39-6)11-9-8-10-17-38)35(44)46-29-14-15-36(5)30-19-25-12-13-28(45-7)32-31(25)37(36,16-18-40-30)33(29)47-32/h12-14,21-24,26-27,30,33,39-40H,8-11,15-20,38H2,1-7H3,(H,41,43)/t21?,22?,23?,24?,26-,27?,30+,33?,36-,37-/m0/s1. The lowest BCUT2D eigenvalue weighted by Gasteiger charge is -2.61. The average molecular weight is 652 g/mol. The van der Waals surface area contributed by atoms with E-state index in [0.29, 0.717) is 30.8 Å². The number of hydrogen-bond acceptors (Lipinski definition) is 8. The molecule has 2 bridgehead atoms. The van der Waals surface area contributed by atoms with Gasteiger partial charge in [-0.25, -0.2) is 4.79 Å². The van der Waals surface area contributed by atoms with Crippen LogP contribution in [-0.4, -0.2) is 81.0 Å². The van der Waals surface area contributed by atoms with Gasteiger partial charge in [0.25, 0.3) is 0 Å². The Bertz CT molecular complexity index is 1380. The number of nitrogens with zero attached hydrogens (tertiary/aromatic N) is 1. The number of hydrogen-bond donors (Lipinski definition) is 4. The molecule has 10 atom stereocenters. The highest BCUT2D eigenvalue weighted by atomic mass is 16.6. The first-order valence-electron chi connectivity index (χ1n) is 18.0. The van der Waals surface area contributed by atoms with Crippen molar-refractivity contribution in [2.75, 3.05) is 33.8 Å². The van der Waals surface area contributed by atoms with Crippen molar-refractivity contribution in [1.29, 1.82) is 0 Å². The van der Waals surface area contributed by atoms with Crippen molar-refractivity contribution in [2.45, 2.75) is 115 Å². The molecule has 3 aliphatic heterocycles. The van der Waals surface area contributed by atoms with E-state index >= 15 is 0 Å². The smallest absolute Gasteiger partial charge is 0.415 e. The number of rotatable bonds is 11. The number of amides is 2. The minimum Gasteiger partial charge on any atom is -0.493 e. The van der Waals surface area contributed by atoms with Gasteiger partial charge in [0, 0.05) is 29.6 Å². The normalized spacial score (nSPS) is 35.7. The third kappa shape index (κ3) is 5.33. The summed E-state index contributed by atoms with van der Waals surface area (Å²) in [6.07, 6.45) is 7.61. The third-order valence-corrected chi connectivity index (χ3v) is 13.3. The van der Waals surface area contributed by atoms with Crippen molar-refractivity contribution in [3.63, 3.8) is 0 Å². The largest absolute Gasteiger partial charge is 0.493 e. The number of methoxy groups -OCH3 is 1. The molecule has 5 aliphatic rings. The molecule has 47 heavy (non-hydrogen) atoms. The molecule has 2 aliphatic carbocycles. The molecule has 0 radical (unpaired) electrons. The lowest BCUT2D eigenvalue weighted by atomic mass is 9.45. The summed E-state index contributed by atoms with van der Waals surface area (Å²) in [5, 5.41) is 10.2. The van der Waals surface area contributed by atoms with Gasteiger partial charge in [0.2, 0.25) is 5.91 Å². The predicted octanol–water partition coefficient (Wildman–Crippen LogP) is 4.25. The van der Waals surface area contributed by atoms with Gasteiger partial charge in [-0.3, -0.25) is 9.69 Å². The second-order valence-corrected chi connectivity index (χ2v) is 15.2. The summed E-state index contributed by atoms with van der Waals surface area (Å²) in [6, 6.07) is 3.95. The lowest BCUT2D eigenvalue weighted by molar-refractivity contribution is -0.124. The van der Waals surface area contributed by atoms with Gasteiger partial charge < -0.3 is 35.9 Å². The maximum Gasteiger partial charge on any atom is 0.415 e. The van der Waals surface area contributed by atoms with Crippen LogP contribution in [0.3, 0.4) is 0 Å². The average Bonchev–Trinajstić information content (AvgIpc) is 3.41. The maximum absolute atomic E-state index is 14.5. The Labute approximate surface area is 280 Å². The Kier molecular flexibility index (Phi) is 9.59. The van der Waals surface area contributed by atoms with Crippen LogP contribution in [0.5, 0.6) is 11.5 Å². The summed E-state index contributed by atoms with van der Waals surface area (Å²) in [6.45, 7) is 13.1. The van der Waals surface area contributed by atoms with Crippen LogP contribution in [0.25, 0.3) is 0 Å². The first kappa shape index (κ1) is 34.1. The van der Waals surface area contributed by atoms with Crippen LogP contribution in [0.4, 0.5) is 4.79 Å². The van der Waals surface area contributed by atoms with Gasteiger partial charge in [-0.15, -0.1) is 0 Å². The Morgan fingerprint density at radius 1 is 1.15 bits per heavy atom. The van der Waals surface area contributed by atoms with Crippen LogP contribution in [0.15, 0.2) is 24.0 Å². The molecule has 1 aromatic carbocycles. The van der Waals surface area contributed by atoms with Gasteiger partial charge in [0.1, 0.15) is 5.76 Å². The van der Waals surface area contributed by atoms with E-state index in [1.807, 2.05) is 18.0 Å². The molecule has 0 aromatic heterocycles. The van der Waals surface area contributed by atoms with Gasteiger partial charge in [0.15, 0.2) is 17.6 Å². The Morgan fingerprint density at radius 2 is 1.94 bits per heavy atom. The molecule has 2 amide bonds. The highest BCUT2D eigenvalue weighted by Crippen LogP contribution is 2.67. The molecule has 1 aromatic rings. The topological polar surface area (TPSA) is 127 Å². The zero-order valence-corrected chi connectivity index (χ0v) is 29.5. The number of nitrogens with one attached hydrogen (secondary N) is 3. The van der Waals surface area contributed by atoms with Gasteiger partial charge in [-0.05, 0) is 94.6 Å². The van der Waals surface area contributed by atoms with Crippen LogP contribution >= 0.6 is 0 Å². The lowest BCUT2D eigenvalue weighted by Crippen LogP contribution is -2.69. The van der Waals surface area contributed by atoms with E-state index in [9.17, 15) is 9.59 Å². The molecule has 0 saturated carbocycles. The first-order chi connectivity index (χ1) is 22.5. The number of likely N-dealkylation sites (tertiary alicyclic amines) is 1. The maximum atomic E-state index is 14.5. The van der Waals surface area contributed by atoms with Crippen molar-refractivity contribution in [2.24, 2.45) is 28.9 Å². The Balaban J connectivity index is 1.25. The van der Waals surface area contributed by atoms with Crippen molar-refractivity contribution < 1.29 is 23.8 Å². The zero-order chi connectivity index (χ0) is 33.7. The number of carbonyl (C=O) groups is 2. The molecule has 6 rings (SSSR count). The Morgan fingerprint density at radius 3 is 2.66 bits per heavy atom. The molecular formula is C37H57N5O5. The number of piperidine rings is 2. The SMILES string of the molecule is CN[C@@H](CCCCCN)C(=O)NCC1C(C)C(C)C(C)C(C)N1C(=O)OC1=CC[C@@]2(C)[C@H]3Cc4ccc(OC)c5c4[C@@]2(CCN3)C1O5.